The molecule has 0 aliphatic heterocycles. The van der Waals surface area contributed by atoms with E-state index >= 15 is 0 Å². The van der Waals surface area contributed by atoms with E-state index in [1.165, 1.54) is 13.3 Å². The standard InChI is InChI=1S/C9H9ClN4OS/c1-15-9-12-3-7(10)8(14-9)11-2-6-4-16-5-13-6/h3-5H,2H2,1H3,(H,11,12,14). The quantitative estimate of drug-likeness (QED) is 0.909. The first-order valence-corrected chi connectivity index (χ1v) is 5.79. The van der Waals surface area contributed by atoms with E-state index in [0.717, 1.165) is 5.69 Å². The number of hydrogen-bond acceptors (Lipinski definition) is 6. The Balaban J connectivity index is 2.08. The van der Waals surface area contributed by atoms with Crippen molar-refractivity contribution in [2.24, 2.45) is 0 Å². The maximum absolute atomic E-state index is 5.93. The number of halogens is 1. The monoisotopic (exact) mass is 256 g/mol. The summed E-state index contributed by atoms with van der Waals surface area (Å²) in [4.78, 5) is 12.1. The summed E-state index contributed by atoms with van der Waals surface area (Å²) in [6.45, 7) is 0.573. The number of aromatic nitrogens is 3. The van der Waals surface area contributed by atoms with E-state index in [1.54, 1.807) is 16.8 Å². The number of anilines is 1. The lowest BCUT2D eigenvalue weighted by molar-refractivity contribution is 0.380. The molecule has 0 fully saturated rings. The van der Waals surface area contributed by atoms with Gasteiger partial charge in [-0.1, -0.05) is 11.6 Å². The molecule has 0 aliphatic carbocycles. The second-order valence-electron chi connectivity index (χ2n) is 2.89. The molecule has 5 nitrogen and oxygen atoms in total. The van der Waals surface area contributed by atoms with Gasteiger partial charge in [-0.25, -0.2) is 9.97 Å². The average Bonchev–Trinajstić information content (AvgIpc) is 2.81. The molecule has 1 N–H and O–H groups in total. The third-order valence-electron chi connectivity index (χ3n) is 1.82. The zero-order chi connectivity index (χ0) is 11.4. The second kappa shape index (κ2) is 5.09. The Labute approximate surface area is 101 Å². The number of nitrogens with zero attached hydrogens (tertiary/aromatic N) is 3. The van der Waals surface area contributed by atoms with Crippen LogP contribution in [0.4, 0.5) is 5.82 Å². The molecule has 0 amide bonds. The molecule has 16 heavy (non-hydrogen) atoms. The molecule has 2 aromatic rings. The molecule has 84 valence electrons. The Bertz CT molecular complexity index is 463. The minimum Gasteiger partial charge on any atom is -0.467 e. The van der Waals surface area contributed by atoms with Crippen molar-refractivity contribution < 1.29 is 4.74 Å². The molecule has 2 aromatic heterocycles. The van der Waals surface area contributed by atoms with Gasteiger partial charge in [0.25, 0.3) is 0 Å². The van der Waals surface area contributed by atoms with Crippen molar-refractivity contribution in [1.29, 1.82) is 0 Å². The van der Waals surface area contributed by atoms with Crippen LogP contribution >= 0.6 is 22.9 Å². The zero-order valence-corrected chi connectivity index (χ0v) is 10.0. The van der Waals surface area contributed by atoms with Crippen LogP contribution < -0.4 is 10.1 Å². The van der Waals surface area contributed by atoms with Crippen molar-refractivity contribution in [2.45, 2.75) is 6.54 Å². The highest BCUT2D eigenvalue weighted by atomic mass is 35.5. The Morgan fingerprint density at radius 2 is 2.38 bits per heavy atom. The van der Waals surface area contributed by atoms with Gasteiger partial charge < -0.3 is 10.1 Å². The van der Waals surface area contributed by atoms with Crippen LogP contribution in [0.5, 0.6) is 6.01 Å². The summed E-state index contributed by atoms with van der Waals surface area (Å²) >= 11 is 7.48. The predicted octanol–water partition coefficient (Wildman–Crippen LogP) is 2.21. The smallest absolute Gasteiger partial charge is 0.318 e. The van der Waals surface area contributed by atoms with E-state index in [1.807, 2.05) is 5.38 Å². The van der Waals surface area contributed by atoms with Crippen molar-refractivity contribution in [2.75, 3.05) is 12.4 Å². The van der Waals surface area contributed by atoms with Crippen molar-refractivity contribution >= 4 is 28.8 Å². The number of ether oxygens (including phenoxy) is 1. The first-order valence-electron chi connectivity index (χ1n) is 4.47. The van der Waals surface area contributed by atoms with Gasteiger partial charge in [-0.05, 0) is 0 Å². The van der Waals surface area contributed by atoms with E-state index in [9.17, 15) is 0 Å². The van der Waals surface area contributed by atoms with Crippen LogP contribution in [0.15, 0.2) is 17.1 Å². The van der Waals surface area contributed by atoms with Gasteiger partial charge in [-0.2, -0.15) is 4.98 Å². The second-order valence-corrected chi connectivity index (χ2v) is 4.01. The van der Waals surface area contributed by atoms with Gasteiger partial charge in [0.2, 0.25) is 0 Å². The number of hydrogen-bond donors (Lipinski definition) is 1. The third kappa shape index (κ3) is 2.59. The Kier molecular flexibility index (Phi) is 3.53. The first-order chi connectivity index (χ1) is 7.79. The van der Waals surface area contributed by atoms with Gasteiger partial charge in [-0.3, -0.25) is 0 Å². The molecule has 0 spiro atoms. The van der Waals surface area contributed by atoms with Gasteiger partial charge in [0.1, 0.15) is 5.02 Å². The predicted molar refractivity (Wildman–Crippen MR) is 63.0 cm³/mol. The van der Waals surface area contributed by atoms with Crippen LogP contribution in [0, 0.1) is 0 Å². The fourth-order valence-corrected chi connectivity index (χ4v) is 1.79. The van der Waals surface area contributed by atoms with Crippen LogP contribution in [-0.4, -0.2) is 22.1 Å². The molecule has 7 heteroatoms. The summed E-state index contributed by atoms with van der Waals surface area (Å²) < 4.78 is 4.91. The van der Waals surface area contributed by atoms with Crippen LogP contribution in [0.25, 0.3) is 0 Å². The molecule has 0 saturated heterocycles. The van der Waals surface area contributed by atoms with Crippen LogP contribution in [0.1, 0.15) is 5.69 Å². The molecule has 0 radical (unpaired) electrons. The van der Waals surface area contributed by atoms with Gasteiger partial charge in [0.15, 0.2) is 5.82 Å². The molecule has 0 aromatic carbocycles. The summed E-state index contributed by atoms with van der Waals surface area (Å²) in [7, 11) is 1.51. The third-order valence-corrected chi connectivity index (χ3v) is 2.74. The lowest BCUT2D eigenvalue weighted by Gasteiger charge is -2.06. The maximum Gasteiger partial charge on any atom is 0.318 e. The van der Waals surface area contributed by atoms with Crippen molar-refractivity contribution in [3.8, 4) is 6.01 Å². The van der Waals surface area contributed by atoms with Crippen LogP contribution in [0.3, 0.4) is 0 Å². The number of thiazole rings is 1. The molecule has 0 aliphatic rings. The molecule has 2 heterocycles. The highest BCUT2D eigenvalue weighted by molar-refractivity contribution is 7.07. The minimum atomic E-state index is 0.283. The minimum absolute atomic E-state index is 0.283. The summed E-state index contributed by atoms with van der Waals surface area (Å²) in [5, 5.41) is 5.48. The Hall–Kier alpha value is -1.40. The van der Waals surface area contributed by atoms with Gasteiger partial charge in [-0.15, -0.1) is 11.3 Å². The lowest BCUT2D eigenvalue weighted by Crippen LogP contribution is -2.04. The van der Waals surface area contributed by atoms with Crippen LogP contribution in [0.2, 0.25) is 5.02 Å². The van der Waals surface area contributed by atoms with E-state index in [2.05, 4.69) is 20.3 Å². The number of methoxy groups -OCH3 is 1. The van der Waals surface area contributed by atoms with E-state index < -0.39 is 0 Å². The molecular formula is C9H9ClN4OS. The topological polar surface area (TPSA) is 59.9 Å². The highest BCUT2D eigenvalue weighted by Crippen LogP contribution is 2.20. The fourth-order valence-electron chi connectivity index (χ4n) is 1.07. The summed E-state index contributed by atoms with van der Waals surface area (Å²) in [5.74, 6) is 0.543. The summed E-state index contributed by atoms with van der Waals surface area (Å²) in [6.07, 6.45) is 1.50. The molecule has 0 bridgehead atoms. The number of nitrogens with one attached hydrogen (secondary N) is 1. The zero-order valence-electron chi connectivity index (χ0n) is 8.48. The molecule has 0 atom stereocenters. The SMILES string of the molecule is COc1ncc(Cl)c(NCc2cscn2)n1. The lowest BCUT2D eigenvalue weighted by atomic mass is 10.4. The van der Waals surface area contributed by atoms with Gasteiger partial charge >= 0.3 is 6.01 Å². The molecule has 0 saturated carbocycles. The number of rotatable bonds is 4. The van der Waals surface area contributed by atoms with Crippen molar-refractivity contribution in [1.82, 2.24) is 15.0 Å². The molecule has 2 rings (SSSR count). The van der Waals surface area contributed by atoms with E-state index in [-0.39, 0.29) is 6.01 Å². The molecular weight excluding hydrogens is 248 g/mol. The van der Waals surface area contributed by atoms with Crippen LogP contribution in [-0.2, 0) is 6.54 Å². The summed E-state index contributed by atoms with van der Waals surface area (Å²) in [5.41, 5.74) is 2.72. The first kappa shape index (κ1) is 11.1. The largest absolute Gasteiger partial charge is 0.467 e. The Morgan fingerprint density at radius 1 is 1.50 bits per heavy atom. The van der Waals surface area contributed by atoms with Crippen molar-refractivity contribution in [3.63, 3.8) is 0 Å². The van der Waals surface area contributed by atoms with E-state index in [0.29, 0.717) is 17.4 Å². The normalized spacial score (nSPS) is 10.1. The van der Waals surface area contributed by atoms with Crippen molar-refractivity contribution in [3.05, 3.63) is 27.8 Å². The van der Waals surface area contributed by atoms with Gasteiger partial charge in [0.05, 0.1) is 31.1 Å². The molecule has 0 unspecified atom stereocenters. The Morgan fingerprint density at radius 3 is 3.06 bits per heavy atom. The maximum atomic E-state index is 5.93. The summed E-state index contributed by atoms with van der Waals surface area (Å²) in [6, 6.07) is 0.283. The average molecular weight is 257 g/mol. The van der Waals surface area contributed by atoms with Gasteiger partial charge in [0, 0.05) is 5.38 Å². The fraction of sp³-hybridized carbons (Fsp3) is 0.222. The highest BCUT2D eigenvalue weighted by Gasteiger charge is 2.05. The van der Waals surface area contributed by atoms with E-state index in [4.69, 9.17) is 16.3 Å².